The van der Waals surface area contributed by atoms with E-state index in [4.69, 9.17) is 9.26 Å². The quantitative estimate of drug-likeness (QED) is 0.656. The fourth-order valence-corrected chi connectivity index (χ4v) is 3.40. The first-order valence-corrected chi connectivity index (χ1v) is 9.31. The summed E-state index contributed by atoms with van der Waals surface area (Å²) in [6, 6.07) is 2.89. The van der Waals surface area contributed by atoms with Crippen LogP contribution in [0.3, 0.4) is 0 Å². The number of carbonyl (C=O) groups excluding carboxylic acids is 1. The van der Waals surface area contributed by atoms with Gasteiger partial charge in [-0.3, -0.25) is 4.79 Å². The van der Waals surface area contributed by atoms with Crippen molar-refractivity contribution in [2.24, 2.45) is 0 Å². The molecule has 3 rings (SSSR count). The molecule has 1 amide bonds. The fraction of sp³-hybridized carbons (Fsp3) is 0.579. The Morgan fingerprint density at radius 2 is 2.11 bits per heavy atom. The minimum absolute atomic E-state index is 0.0442. The highest BCUT2D eigenvalue weighted by Crippen LogP contribution is 2.38. The molecular weight excluding hydrogens is 361 g/mol. The third-order valence-corrected chi connectivity index (χ3v) is 4.72. The molecule has 5 nitrogen and oxygen atoms in total. The van der Waals surface area contributed by atoms with Crippen molar-refractivity contribution in [3.63, 3.8) is 0 Å². The number of amides is 1. The van der Waals surface area contributed by atoms with E-state index in [0.717, 1.165) is 25.8 Å². The molecule has 1 aliphatic heterocycles. The van der Waals surface area contributed by atoms with Crippen molar-refractivity contribution in [2.75, 3.05) is 19.7 Å². The largest absolute Gasteiger partial charge is 0.493 e. The molecule has 2 aromatic rings. The number of halogens is 3. The third-order valence-electron chi connectivity index (χ3n) is 4.72. The fourth-order valence-electron chi connectivity index (χ4n) is 3.40. The van der Waals surface area contributed by atoms with Crippen LogP contribution in [-0.4, -0.2) is 35.7 Å². The van der Waals surface area contributed by atoms with E-state index in [1.165, 1.54) is 6.07 Å². The Balaban J connectivity index is 1.70. The number of nitrogens with zero attached hydrogens (tertiary/aromatic N) is 2. The first-order valence-electron chi connectivity index (χ1n) is 9.31. The number of carbonyl (C=O) groups is 1. The zero-order valence-electron chi connectivity index (χ0n) is 15.3. The van der Waals surface area contributed by atoms with E-state index in [-0.39, 0.29) is 16.9 Å². The Morgan fingerprint density at radius 3 is 2.81 bits per heavy atom. The molecular formula is C19H23F3N2O3. The Morgan fingerprint density at radius 1 is 1.30 bits per heavy atom. The molecule has 1 aromatic carbocycles. The molecule has 8 heteroatoms. The molecule has 148 valence electrons. The van der Waals surface area contributed by atoms with Crippen LogP contribution in [0.4, 0.5) is 13.2 Å². The lowest BCUT2D eigenvalue weighted by molar-refractivity contribution is -0.141. The number of aryl methyl sites for hydroxylation is 1. The van der Waals surface area contributed by atoms with Crippen molar-refractivity contribution in [1.82, 2.24) is 10.1 Å². The van der Waals surface area contributed by atoms with Crippen LogP contribution in [0.15, 0.2) is 16.7 Å². The van der Waals surface area contributed by atoms with Gasteiger partial charge in [-0.25, -0.2) is 0 Å². The van der Waals surface area contributed by atoms with Crippen LogP contribution in [-0.2, 0) is 17.4 Å². The predicted molar refractivity (Wildman–Crippen MR) is 93.5 cm³/mol. The average molecular weight is 384 g/mol. The molecule has 1 aromatic heterocycles. The minimum Gasteiger partial charge on any atom is -0.493 e. The summed E-state index contributed by atoms with van der Waals surface area (Å²) in [6.45, 7) is 3.73. The monoisotopic (exact) mass is 384 g/mol. The second-order valence-electron chi connectivity index (χ2n) is 6.74. The molecule has 0 spiro atoms. The zero-order valence-corrected chi connectivity index (χ0v) is 15.3. The van der Waals surface area contributed by atoms with Crippen molar-refractivity contribution in [3.8, 4) is 5.75 Å². The molecule has 1 aliphatic rings. The summed E-state index contributed by atoms with van der Waals surface area (Å²) < 4.78 is 49.9. The Labute approximate surface area is 155 Å². The summed E-state index contributed by atoms with van der Waals surface area (Å²) in [5.41, 5.74) is -0.273. The van der Waals surface area contributed by atoms with Crippen molar-refractivity contribution in [2.45, 2.75) is 51.6 Å². The van der Waals surface area contributed by atoms with Gasteiger partial charge in [-0.15, -0.1) is 0 Å². The topological polar surface area (TPSA) is 55.6 Å². The van der Waals surface area contributed by atoms with Gasteiger partial charge in [-0.05, 0) is 37.8 Å². The van der Waals surface area contributed by atoms with Crippen molar-refractivity contribution in [1.29, 1.82) is 0 Å². The van der Waals surface area contributed by atoms with E-state index in [1.54, 1.807) is 6.07 Å². The number of benzene rings is 1. The van der Waals surface area contributed by atoms with Crippen LogP contribution in [0.2, 0.25) is 0 Å². The summed E-state index contributed by atoms with van der Waals surface area (Å²) in [4.78, 5) is 13.6. The van der Waals surface area contributed by atoms with Gasteiger partial charge >= 0.3 is 6.18 Å². The van der Waals surface area contributed by atoms with Gasteiger partial charge < -0.3 is 14.2 Å². The standard InChI is InChI=1S/C19H23F3N2O3/c1-2-6-13-15(26-12-5-11-24-10-4-3-7-16(24)25)9-8-14-17(13)27-23-18(14)19(20,21)22/h8-9H,2-7,10-12H2,1H3. The highest BCUT2D eigenvalue weighted by molar-refractivity contribution is 5.85. The summed E-state index contributed by atoms with van der Waals surface area (Å²) >= 11 is 0. The van der Waals surface area contributed by atoms with Gasteiger partial charge in [0.2, 0.25) is 5.91 Å². The third kappa shape index (κ3) is 4.36. The van der Waals surface area contributed by atoms with E-state index in [0.29, 0.717) is 43.7 Å². The molecule has 0 unspecified atom stereocenters. The molecule has 0 atom stereocenters. The SMILES string of the molecule is CCCc1c(OCCCN2CCCCC2=O)ccc2c(C(F)(F)F)noc12. The van der Waals surface area contributed by atoms with Crippen LogP contribution in [0, 0.1) is 0 Å². The maximum Gasteiger partial charge on any atom is 0.437 e. The number of rotatable bonds is 7. The lowest BCUT2D eigenvalue weighted by atomic mass is 10.0. The molecule has 0 saturated carbocycles. The Kier molecular flexibility index (Phi) is 5.92. The second-order valence-corrected chi connectivity index (χ2v) is 6.74. The van der Waals surface area contributed by atoms with Crippen LogP contribution in [0.25, 0.3) is 11.0 Å². The number of hydrogen-bond donors (Lipinski definition) is 0. The first-order chi connectivity index (χ1) is 12.9. The summed E-state index contributed by atoms with van der Waals surface area (Å²) in [7, 11) is 0. The smallest absolute Gasteiger partial charge is 0.437 e. The van der Waals surface area contributed by atoms with Crippen LogP contribution in [0.1, 0.15) is 50.3 Å². The highest BCUT2D eigenvalue weighted by atomic mass is 19.4. The van der Waals surface area contributed by atoms with Gasteiger partial charge in [0.25, 0.3) is 0 Å². The minimum atomic E-state index is -4.56. The maximum absolute atomic E-state index is 13.0. The summed E-state index contributed by atoms with van der Waals surface area (Å²) in [6.07, 6.45) is -0.0489. The van der Waals surface area contributed by atoms with E-state index in [1.807, 2.05) is 11.8 Å². The normalized spacial score (nSPS) is 15.6. The van der Waals surface area contributed by atoms with Gasteiger partial charge in [0.15, 0.2) is 11.3 Å². The zero-order chi connectivity index (χ0) is 19.4. The summed E-state index contributed by atoms with van der Waals surface area (Å²) in [5.74, 6) is 0.690. The number of likely N-dealkylation sites (tertiary alicyclic amines) is 1. The number of alkyl halides is 3. The molecule has 27 heavy (non-hydrogen) atoms. The molecule has 1 fully saturated rings. The predicted octanol–water partition coefficient (Wildman–Crippen LogP) is 4.58. The average Bonchev–Trinajstić information content (AvgIpc) is 3.06. The van der Waals surface area contributed by atoms with Gasteiger partial charge in [0.05, 0.1) is 12.0 Å². The van der Waals surface area contributed by atoms with E-state index >= 15 is 0 Å². The van der Waals surface area contributed by atoms with Gasteiger partial charge in [0, 0.05) is 25.1 Å². The Bertz CT molecular complexity index is 801. The second kappa shape index (κ2) is 8.19. The number of hydrogen-bond acceptors (Lipinski definition) is 4. The van der Waals surface area contributed by atoms with Crippen molar-refractivity contribution in [3.05, 3.63) is 23.4 Å². The van der Waals surface area contributed by atoms with Gasteiger partial charge in [-0.1, -0.05) is 18.5 Å². The van der Waals surface area contributed by atoms with Crippen LogP contribution < -0.4 is 4.74 Å². The highest BCUT2D eigenvalue weighted by Gasteiger charge is 2.37. The molecule has 0 N–H and O–H groups in total. The first kappa shape index (κ1) is 19.5. The van der Waals surface area contributed by atoms with E-state index in [2.05, 4.69) is 5.16 Å². The lowest BCUT2D eigenvalue weighted by Gasteiger charge is -2.26. The number of piperidine rings is 1. The van der Waals surface area contributed by atoms with Crippen LogP contribution in [0.5, 0.6) is 5.75 Å². The molecule has 2 heterocycles. The number of ether oxygens (including phenoxy) is 1. The number of aromatic nitrogens is 1. The van der Waals surface area contributed by atoms with E-state index < -0.39 is 11.9 Å². The Hall–Kier alpha value is -2.25. The van der Waals surface area contributed by atoms with Crippen LogP contribution >= 0.6 is 0 Å². The molecule has 0 aliphatic carbocycles. The van der Waals surface area contributed by atoms with Crippen molar-refractivity contribution >= 4 is 16.9 Å². The van der Waals surface area contributed by atoms with Crippen molar-refractivity contribution < 1.29 is 27.2 Å². The number of fused-ring (bicyclic) bond motifs is 1. The molecule has 0 radical (unpaired) electrons. The van der Waals surface area contributed by atoms with Gasteiger partial charge in [0.1, 0.15) is 5.75 Å². The van der Waals surface area contributed by atoms with E-state index in [9.17, 15) is 18.0 Å². The maximum atomic E-state index is 13.0. The molecule has 0 bridgehead atoms. The summed E-state index contributed by atoms with van der Waals surface area (Å²) in [5, 5.41) is 3.17. The van der Waals surface area contributed by atoms with Gasteiger partial charge in [-0.2, -0.15) is 13.2 Å². The lowest BCUT2D eigenvalue weighted by Crippen LogP contribution is -2.36. The molecule has 1 saturated heterocycles.